The fourth-order valence-electron chi connectivity index (χ4n) is 1.54. The maximum atomic E-state index is 11.0. The van der Waals surface area contributed by atoms with Crippen molar-refractivity contribution in [3.63, 3.8) is 0 Å². The molecule has 0 saturated heterocycles. The van der Waals surface area contributed by atoms with E-state index in [1.54, 1.807) is 24.3 Å². The van der Waals surface area contributed by atoms with Crippen molar-refractivity contribution in [2.75, 3.05) is 0 Å². The average Bonchev–Trinajstić information content (AvgIpc) is 2.27. The molecule has 2 rings (SSSR count). The van der Waals surface area contributed by atoms with Crippen LogP contribution in [0.2, 0.25) is 0 Å². The molecule has 0 saturated carbocycles. The van der Waals surface area contributed by atoms with Crippen molar-refractivity contribution in [3.8, 4) is 0 Å². The highest BCUT2D eigenvalue weighted by Gasteiger charge is 2.11. The molecule has 16 heavy (non-hydrogen) atoms. The first-order chi connectivity index (χ1) is 7.59. The van der Waals surface area contributed by atoms with E-state index >= 15 is 0 Å². The van der Waals surface area contributed by atoms with E-state index in [1.165, 1.54) is 12.1 Å². The van der Waals surface area contributed by atoms with Gasteiger partial charge in [-0.05, 0) is 22.9 Å². The zero-order valence-corrected chi connectivity index (χ0v) is 10.2. The number of rotatable bonds is 2. The van der Waals surface area contributed by atoms with Gasteiger partial charge in [-0.3, -0.25) is 0 Å². The summed E-state index contributed by atoms with van der Waals surface area (Å²) in [5, 5.41) is 10.2. The number of carbonyl (C=O) groups is 1. The van der Waals surface area contributed by atoms with Crippen LogP contribution in [0.3, 0.4) is 0 Å². The summed E-state index contributed by atoms with van der Waals surface area (Å²) in [7, 11) is 0. The van der Waals surface area contributed by atoms with Crippen LogP contribution < -0.4 is 0 Å². The van der Waals surface area contributed by atoms with Crippen LogP contribution in [0.1, 0.15) is 10.4 Å². The third-order valence-electron chi connectivity index (χ3n) is 2.24. The van der Waals surface area contributed by atoms with Gasteiger partial charge in [-0.1, -0.05) is 24.3 Å². The van der Waals surface area contributed by atoms with E-state index in [2.05, 4.69) is 0 Å². The van der Waals surface area contributed by atoms with Crippen LogP contribution >= 0.6 is 19.8 Å². The van der Waals surface area contributed by atoms with Crippen molar-refractivity contribution >= 4 is 36.5 Å². The highest BCUT2D eigenvalue weighted by molar-refractivity contribution is 14.2. The molecule has 5 heteroatoms. The maximum absolute atomic E-state index is 11.0. The van der Waals surface area contributed by atoms with E-state index < -0.39 is 25.8 Å². The predicted octanol–water partition coefficient (Wildman–Crippen LogP) is 2.91. The fourth-order valence-corrected chi connectivity index (χ4v) is 2.70. The Balaban J connectivity index is 2.89. The summed E-state index contributed by atoms with van der Waals surface area (Å²) in [6, 6.07) is 9.55. The van der Waals surface area contributed by atoms with Crippen LogP contribution in [0.4, 0.5) is 0 Å². The topological polar surface area (TPSA) is 71.4 Å². The Morgan fingerprint density at radius 3 is 2.44 bits per heavy atom. The first-order valence-corrected chi connectivity index (χ1v) is 7.25. The Kier molecular flexibility index (Phi) is 2.86. The van der Waals surface area contributed by atoms with Crippen LogP contribution in [-0.2, 0) is 6.14 Å². The zero-order valence-electron chi connectivity index (χ0n) is 8.01. The van der Waals surface area contributed by atoms with Gasteiger partial charge in [0.05, 0.1) is 9.13 Å². The van der Waals surface area contributed by atoms with Gasteiger partial charge < -0.3 is 5.11 Å². The number of carboxylic acid groups (broad SMARTS) is 1. The second-order valence-corrected chi connectivity index (χ2v) is 5.68. The lowest BCUT2D eigenvalue weighted by Gasteiger charge is -2.02. The molecule has 0 atom stereocenters. The molecule has 2 aromatic carbocycles. The Bertz CT molecular complexity index is 635. The molecule has 82 valence electrons. The molecule has 0 aliphatic heterocycles. The van der Waals surface area contributed by atoms with Gasteiger partial charge in [0.1, 0.15) is 0 Å². The molecule has 2 aromatic rings. The first-order valence-electron chi connectivity index (χ1n) is 4.41. The van der Waals surface area contributed by atoms with E-state index in [9.17, 15) is 10.9 Å². The van der Waals surface area contributed by atoms with Gasteiger partial charge in [0.25, 0.3) is 0 Å². The lowest BCUT2D eigenvalue weighted by atomic mass is 10.1. The minimum atomic E-state index is -3.64. The summed E-state index contributed by atoms with van der Waals surface area (Å²) >= 11 is -3.64. The van der Waals surface area contributed by atoms with E-state index in [0.717, 1.165) is 0 Å². The van der Waals surface area contributed by atoms with Crippen LogP contribution in [0.25, 0.3) is 10.8 Å². The van der Waals surface area contributed by atoms with Gasteiger partial charge >= 0.3 is 25.8 Å². The summed E-state index contributed by atoms with van der Waals surface area (Å²) < 4.78 is 22.0. The molecule has 0 spiro atoms. The molecule has 0 heterocycles. The number of hydrogen-bond acceptors (Lipinski definition) is 3. The summed E-state index contributed by atoms with van der Waals surface area (Å²) in [5.41, 5.74) is 0.0297. The van der Waals surface area contributed by atoms with Crippen molar-refractivity contribution in [1.29, 1.82) is 0 Å². The van der Waals surface area contributed by atoms with Gasteiger partial charge in [-0.15, -0.1) is 0 Å². The molecule has 0 aliphatic carbocycles. The molecular formula is C11H7IO4. The average molecular weight is 330 g/mol. The maximum Gasteiger partial charge on any atom is 0.340 e. The van der Waals surface area contributed by atoms with Crippen molar-refractivity contribution in [2.24, 2.45) is 0 Å². The molecule has 0 aromatic heterocycles. The van der Waals surface area contributed by atoms with E-state index in [1.807, 2.05) is 0 Å². The largest absolute Gasteiger partial charge is 0.478 e. The summed E-state index contributed by atoms with van der Waals surface area (Å²) in [6.45, 7) is 0. The highest BCUT2D eigenvalue weighted by Crippen LogP contribution is 2.26. The Hall–Kier alpha value is -1.50. The van der Waals surface area contributed by atoms with Crippen LogP contribution in [0, 0.1) is 3.57 Å². The third kappa shape index (κ3) is 1.90. The van der Waals surface area contributed by atoms with E-state index in [0.29, 0.717) is 10.8 Å². The smallest absolute Gasteiger partial charge is 0.340 e. The van der Waals surface area contributed by atoms with Gasteiger partial charge in [0, 0.05) is 0 Å². The number of carboxylic acids is 1. The van der Waals surface area contributed by atoms with Gasteiger partial charge in [0.15, 0.2) is 0 Å². The molecule has 0 radical (unpaired) electrons. The molecule has 1 N–H and O–H groups in total. The van der Waals surface area contributed by atoms with E-state index in [4.69, 9.17) is 5.11 Å². The zero-order chi connectivity index (χ0) is 11.7. The SMILES string of the molecule is O=C(O)c1cc(I(=O)=O)cc2ccccc12. The molecule has 0 amide bonds. The van der Waals surface area contributed by atoms with E-state index in [-0.39, 0.29) is 9.13 Å². The predicted molar refractivity (Wildman–Crippen MR) is 65.0 cm³/mol. The summed E-state index contributed by atoms with van der Waals surface area (Å²) in [6.07, 6.45) is 0. The normalized spacial score (nSPS) is 10.8. The molecule has 0 fully saturated rings. The quantitative estimate of drug-likeness (QED) is 0.860. The number of aromatic carboxylic acids is 1. The number of fused-ring (bicyclic) bond motifs is 1. The summed E-state index contributed by atoms with van der Waals surface area (Å²) in [5.74, 6) is -1.12. The molecule has 4 nitrogen and oxygen atoms in total. The second kappa shape index (κ2) is 4.17. The van der Waals surface area contributed by atoms with Crippen molar-refractivity contribution < 1.29 is 16.0 Å². The molecule has 0 aliphatic rings. The van der Waals surface area contributed by atoms with Gasteiger partial charge in [-0.2, -0.15) is 0 Å². The Morgan fingerprint density at radius 1 is 1.12 bits per heavy atom. The van der Waals surface area contributed by atoms with Crippen molar-refractivity contribution in [2.45, 2.75) is 0 Å². The molecular weight excluding hydrogens is 323 g/mol. The third-order valence-corrected chi connectivity index (χ3v) is 3.88. The minimum Gasteiger partial charge on any atom is -0.478 e. The second-order valence-electron chi connectivity index (χ2n) is 3.20. The minimum absolute atomic E-state index is 0.0297. The van der Waals surface area contributed by atoms with Crippen LogP contribution in [-0.4, -0.2) is 11.1 Å². The number of hydrogen-bond donors (Lipinski definition) is 1. The monoisotopic (exact) mass is 330 g/mol. The van der Waals surface area contributed by atoms with Crippen molar-refractivity contribution in [1.82, 2.24) is 0 Å². The number of benzene rings is 2. The number of halogens is 1. The molecule has 0 bridgehead atoms. The lowest BCUT2D eigenvalue weighted by molar-refractivity contribution is 0.0699. The first kappa shape index (κ1) is 11.0. The highest BCUT2D eigenvalue weighted by atomic mass is 127. The van der Waals surface area contributed by atoms with Gasteiger partial charge in [-0.25, -0.2) is 10.9 Å². The van der Waals surface area contributed by atoms with Crippen LogP contribution in [0.15, 0.2) is 36.4 Å². The summed E-state index contributed by atoms with van der Waals surface area (Å²) in [4.78, 5) is 11.0. The van der Waals surface area contributed by atoms with Crippen molar-refractivity contribution in [3.05, 3.63) is 45.5 Å². The molecule has 0 unspecified atom stereocenters. The van der Waals surface area contributed by atoms with Crippen LogP contribution in [0.5, 0.6) is 0 Å². The van der Waals surface area contributed by atoms with Gasteiger partial charge in [0.2, 0.25) is 0 Å². The Morgan fingerprint density at radius 2 is 1.81 bits per heavy atom. The fraction of sp³-hybridized carbons (Fsp3) is 0. The Labute approximate surface area is 98.0 Å². The standard InChI is InChI=1S/C11H7IO4/c13-11(14)10-6-8(12(15)16)5-7-3-1-2-4-9(7)10/h1-6H,(H,13,14). The lowest BCUT2D eigenvalue weighted by Crippen LogP contribution is -1.98.